The Morgan fingerprint density at radius 1 is 1.26 bits per heavy atom. The molecule has 0 aliphatic rings. The van der Waals surface area contributed by atoms with Crippen molar-refractivity contribution in [2.75, 3.05) is 5.32 Å². The minimum Gasteiger partial charge on any atom is -0.362 e. The zero-order valence-electron chi connectivity index (χ0n) is 9.78. The average Bonchev–Trinajstić information content (AvgIpc) is 2.93. The standard InChI is InChI=1S/C13H10N2O3S/c16-12(13-2-1-9-19-13)7-8-14-10-3-5-11(6-4-10)15(17)18/h1-9,14H/b8-7+. The Bertz CT molecular complexity index is 603. The van der Waals surface area contributed by atoms with E-state index in [1.165, 1.54) is 35.7 Å². The van der Waals surface area contributed by atoms with Gasteiger partial charge < -0.3 is 5.32 Å². The first kappa shape index (κ1) is 13.0. The summed E-state index contributed by atoms with van der Waals surface area (Å²) in [5.41, 5.74) is 0.713. The Kier molecular flexibility index (Phi) is 4.04. The van der Waals surface area contributed by atoms with Crippen LogP contribution in [-0.4, -0.2) is 10.7 Å². The molecule has 1 aromatic carbocycles. The Morgan fingerprint density at radius 2 is 2.00 bits per heavy atom. The molecule has 0 unspecified atom stereocenters. The molecule has 2 rings (SSSR count). The van der Waals surface area contributed by atoms with Gasteiger partial charge in [-0.2, -0.15) is 0 Å². The van der Waals surface area contributed by atoms with Crippen molar-refractivity contribution in [3.63, 3.8) is 0 Å². The number of non-ortho nitro benzene ring substituents is 1. The van der Waals surface area contributed by atoms with Crippen molar-refractivity contribution >= 4 is 28.5 Å². The van der Waals surface area contributed by atoms with Crippen LogP contribution in [0.4, 0.5) is 11.4 Å². The van der Waals surface area contributed by atoms with Crippen molar-refractivity contribution in [2.45, 2.75) is 0 Å². The van der Waals surface area contributed by atoms with Crippen LogP contribution in [0.1, 0.15) is 9.67 Å². The van der Waals surface area contributed by atoms with E-state index >= 15 is 0 Å². The number of carbonyl (C=O) groups excluding carboxylic acids is 1. The van der Waals surface area contributed by atoms with E-state index in [9.17, 15) is 14.9 Å². The molecule has 5 nitrogen and oxygen atoms in total. The Balaban J connectivity index is 1.95. The second-order valence-electron chi connectivity index (χ2n) is 3.62. The highest BCUT2D eigenvalue weighted by Crippen LogP contribution is 2.15. The molecular formula is C13H10N2O3S. The topological polar surface area (TPSA) is 72.2 Å². The first-order valence-corrected chi connectivity index (χ1v) is 6.30. The van der Waals surface area contributed by atoms with Crippen LogP contribution in [0.2, 0.25) is 0 Å². The molecule has 1 heterocycles. The molecule has 1 aromatic heterocycles. The number of hydrogen-bond acceptors (Lipinski definition) is 5. The normalized spacial score (nSPS) is 10.5. The number of nitrogens with zero attached hydrogens (tertiary/aromatic N) is 1. The van der Waals surface area contributed by atoms with Gasteiger partial charge >= 0.3 is 0 Å². The van der Waals surface area contributed by atoms with E-state index in [1.54, 1.807) is 18.2 Å². The lowest BCUT2D eigenvalue weighted by molar-refractivity contribution is -0.384. The summed E-state index contributed by atoms with van der Waals surface area (Å²) in [7, 11) is 0. The van der Waals surface area contributed by atoms with Gasteiger partial charge in [-0.15, -0.1) is 11.3 Å². The van der Waals surface area contributed by atoms with E-state index in [4.69, 9.17) is 0 Å². The molecular weight excluding hydrogens is 264 g/mol. The lowest BCUT2D eigenvalue weighted by Crippen LogP contribution is -1.94. The van der Waals surface area contributed by atoms with Gasteiger partial charge in [-0.3, -0.25) is 14.9 Å². The summed E-state index contributed by atoms with van der Waals surface area (Å²) < 4.78 is 0. The van der Waals surface area contributed by atoms with Gasteiger partial charge in [0.1, 0.15) is 0 Å². The summed E-state index contributed by atoms with van der Waals surface area (Å²) in [6, 6.07) is 9.53. The monoisotopic (exact) mass is 274 g/mol. The van der Waals surface area contributed by atoms with Crippen molar-refractivity contribution in [1.82, 2.24) is 0 Å². The Labute approximate surface area is 113 Å². The van der Waals surface area contributed by atoms with Gasteiger partial charge in [-0.05, 0) is 23.6 Å². The highest BCUT2D eigenvalue weighted by molar-refractivity contribution is 7.12. The smallest absolute Gasteiger partial charge is 0.269 e. The van der Waals surface area contributed by atoms with E-state index in [0.717, 1.165) is 0 Å². The first-order chi connectivity index (χ1) is 9.16. The molecule has 0 radical (unpaired) electrons. The van der Waals surface area contributed by atoms with Gasteiger partial charge in [0, 0.05) is 30.1 Å². The summed E-state index contributed by atoms with van der Waals surface area (Å²) in [6.07, 6.45) is 2.94. The third kappa shape index (κ3) is 3.49. The number of benzene rings is 1. The highest BCUT2D eigenvalue weighted by Gasteiger charge is 2.03. The van der Waals surface area contributed by atoms with Crippen molar-refractivity contribution in [2.24, 2.45) is 0 Å². The number of nitrogens with one attached hydrogen (secondary N) is 1. The van der Waals surface area contributed by atoms with E-state index in [-0.39, 0.29) is 11.5 Å². The van der Waals surface area contributed by atoms with Crippen LogP contribution in [0.25, 0.3) is 0 Å². The van der Waals surface area contributed by atoms with Gasteiger partial charge in [0.2, 0.25) is 0 Å². The molecule has 0 spiro atoms. The van der Waals surface area contributed by atoms with Crippen molar-refractivity contribution in [3.05, 3.63) is 69.0 Å². The zero-order valence-corrected chi connectivity index (χ0v) is 10.6. The van der Waals surface area contributed by atoms with Crippen molar-refractivity contribution in [1.29, 1.82) is 0 Å². The predicted molar refractivity (Wildman–Crippen MR) is 74.5 cm³/mol. The van der Waals surface area contributed by atoms with E-state index in [0.29, 0.717) is 10.6 Å². The quantitative estimate of drug-likeness (QED) is 0.392. The molecule has 96 valence electrons. The highest BCUT2D eigenvalue weighted by atomic mass is 32.1. The second-order valence-corrected chi connectivity index (χ2v) is 4.57. The molecule has 0 aliphatic carbocycles. The largest absolute Gasteiger partial charge is 0.362 e. The number of nitro benzene ring substituents is 1. The van der Waals surface area contributed by atoms with E-state index in [2.05, 4.69) is 5.32 Å². The van der Waals surface area contributed by atoms with Gasteiger partial charge in [0.15, 0.2) is 5.78 Å². The number of hydrogen-bond donors (Lipinski definition) is 1. The van der Waals surface area contributed by atoms with Gasteiger partial charge in [-0.25, -0.2) is 0 Å². The molecule has 2 aromatic rings. The molecule has 0 bridgehead atoms. The molecule has 19 heavy (non-hydrogen) atoms. The summed E-state index contributed by atoms with van der Waals surface area (Å²) in [4.78, 5) is 22.3. The number of allylic oxidation sites excluding steroid dienone is 1. The summed E-state index contributed by atoms with van der Waals surface area (Å²) in [5, 5.41) is 15.2. The Morgan fingerprint density at radius 3 is 2.58 bits per heavy atom. The fourth-order valence-corrected chi connectivity index (χ4v) is 2.04. The lowest BCUT2D eigenvalue weighted by atomic mass is 10.3. The lowest BCUT2D eigenvalue weighted by Gasteiger charge is -1.99. The van der Waals surface area contributed by atoms with Crippen LogP contribution in [0.3, 0.4) is 0 Å². The van der Waals surface area contributed by atoms with E-state index < -0.39 is 4.92 Å². The molecule has 0 saturated heterocycles. The number of ketones is 1. The summed E-state index contributed by atoms with van der Waals surface area (Å²) >= 11 is 1.38. The van der Waals surface area contributed by atoms with E-state index in [1.807, 2.05) is 11.4 Å². The minimum atomic E-state index is -0.458. The third-order valence-corrected chi connectivity index (χ3v) is 3.21. The second kappa shape index (κ2) is 5.92. The maximum atomic E-state index is 11.6. The third-order valence-electron chi connectivity index (χ3n) is 2.33. The van der Waals surface area contributed by atoms with Gasteiger partial charge in [0.25, 0.3) is 5.69 Å². The number of anilines is 1. The van der Waals surface area contributed by atoms with Crippen LogP contribution in [0.5, 0.6) is 0 Å². The Hall–Kier alpha value is -2.47. The maximum Gasteiger partial charge on any atom is 0.269 e. The summed E-state index contributed by atoms with van der Waals surface area (Å²) in [5.74, 6) is -0.0792. The van der Waals surface area contributed by atoms with Gasteiger partial charge in [-0.1, -0.05) is 6.07 Å². The number of thiophene rings is 1. The number of carbonyl (C=O) groups is 1. The molecule has 0 amide bonds. The fraction of sp³-hybridized carbons (Fsp3) is 0. The van der Waals surface area contributed by atoms with Crippen LogP contribution >= 0.6 is 11.3 Å². The molecule has 1 N–H and O–H groups in total. The first-order valence-electron chi connectivity index (χ1n) is 5.42. The molecule has 0 saturated carbocycles. The van der Waals surface area contributed by atoms with Crippen molar-refractivity contribution < 1.29 is 9.72 Å². The molecule has 0 fully saturated rings. The molecule has 0 aliphatic heterocycles. The number of rotatable bonds is 5. The van der Waals surface area contributed by atoms with Crippen molar-refractivity contribution in [3.8, 4) is 0 Å². The SMILES string of the molecule is O=C(/C=C/Nc1ccc([N+](=O)[O-])cc1)c1cccs1. The van der Waals surface area contributed by atoms with Crippen LogP contribution in [0.15, 0.2) is 54.1 Å². The summed E-state index contributed by atoms with van der Waals surface area (Å²) in [6.45, 7) is 0. The van der Waals surface area contributed by atoms with Crippen LogP contribution in [-0.2, 0) is 0 Å². The number of nitro groups is 1. The molecule has 6 heteroatoms. The molecule has 0 atom stereocenters. The minimum absolute atomic E-state index is 0.0317. The zero-order chi connectivity index (χ0) is 13.7. The average molecular weight is 274 g/mol. The fourth-order valence-electron chi connectivity index (χ4n) is 1.39. The predicted octanol–water partition coefficient (Wildman–Crippen LogP) is 3.46. The van der Waals surface area contributed by atoms with Gasteiger partial charge in [0.05, 0.1) is 9.80 Å². The van der Waals surface area contributed by atoms with Crippen LogP contribution in [0, 0.1) is 10.1 Å². The van der Waals surface area contributed by atoms with Crippen LogP contribution < -0.4 is 5.32 Å². The maximum absolute atomic E-state index is 11.6.